The van der Waals surface area contributed by atoms with Crippen molar-refractivity contribution in [1.82, 2.24) is 0 Å². The lowest BCUT2D eigenvalue weighted by Crippen LogP contribution is -2.15. The molecule has 0 radical (unpaired) electrons. The molecule has 9 heteroatoms. The Hall–Kier alpha value is -0.940. The van der Waals surface area contributed by atoms with Crippen LogP contribution in [0.1, 0.15) is 55.9 Å². The molecule has 5 N–H and O–H groups in total. The van der Waals surface area contributed by atoms with Gasteiger partial charge < -0.3 is 24.7 Å². The Morgan fingerprint density at radius 2 is 1.48 bits per heavy atom. The average molecular weight is 390 g/mol. The maximum atomic E-state index is 11.6. The molecule has 0 aliphatic heterocycles. The molecule has 0 bridgehead atoms. The van der Waals surface area contributed by atoms with Crippen molar-refractivity contribution in [3.63, 3.8) is 0 Å². The molecule has 1 aromatic rings. The SMILES string of the molecule is CC(C)(C)c1cc(C=C(P(=O)(O)O)P(=O)(O)O)c2c(c1O)CCCC2. The maximum absolute atomic E-state index is 11.6. The monoisotopic (exact) mass is 390 g/mol. The second kappa shape index (κ2) is 6.66. The number of rotatable bonds is 3. The highest BCUT2D eigenvalue weighted by molar-refractivity contribution is 7.77. The maximum Gasteiger partial charge on any atom is 0.364 e. The van der Waals surface area contributed by atoms with E-state index in [0.29, 0.717) is 35.1 Å². The lowest BCUT2D eigenvalue weighted by atomic mass is 9.79. The van der Waals surface area contributed by atoms with Crippen LogP contribution in [0.5, 0.6) is 5.75 Å². The first-order valence-corrected chi connectivity index (χ1v) is 11.2. The van der Waals surface area contributed by atoms with Crippen LogP contribution in [0.4, 0.5) is 0 Å². The Balaban J connectivity index is 2.83. The Bertz CT molecular complexity index is 785. The van der Waals surface area contributed by atoms with Crippen LogP contribution < -0.4 is 0 Å². The summed E-state index contributed by atoms with van der Waals surface area (Å²) in [5.74, 6) is 0.160. The van der Waals surface area contributed by atoms with Crippen LogP contribution >= 0.6 is 15.2 Å². The Kier molecular flexibility index (Phi) is 5.42. The van der Waals surface area contributed by atoms with E-state index in [4.69, 9.17) is 0 Å². The van der Waals surface area contributed by atoms with E-state index in [1.807, 2.05) is 20.8 Å². The topological polar surface area (TPSA) is 135 Å². The van der Waals surface area contributed by atoms with Gasteiger partial charge in [0.25, 0.3) is 0 Å². The van der Waals surface area contributed by atoms with Gasteiger partial charge in [0, 0.05) is 5.56 Å². The van der Waals surface area contributed by atoms with Crippen LogP contribution in [0.2, 0.25) is 0 Å². The standard InChI is InChI=1S/C16H24O7P2/c1-16(2,3)13-8-10(9-14(24(18,19)20)25(21,22)23)11-6-4-5-7-12(11)15(13)17/h8-9,17H,4-7H2,1-3H3,(H2,18,19,20)(H2,21,22,23). The summed E-state index contributed by atoms with van der Waals surface area (Å²) in [6.45, 7) is 5.66. The number of phenols is 1. The molecule has 2 rings (SSSR count). The average Bonchev–Trinajstić information content (AvgIpc) is 2.42. The number of phenolic OH excluding ortho intramolecular Hbond substituents is 1. The molecule has 0 aromatic heterocycles. The predicted octanol–water partition coefficient (Wildman–Crippen LogP) is 3.22. The van der Waals surface area contributed by atoms with E-state index in [2.05, 4.69) is 0 Å². The van der Waals surface area contributed by atoms with Gasteiger partial charge >= 0.3 is 15.2 Å². The largest absolute Gasteiger partial charge is 0.507 e. The number of fused-ring (bicyclic) bond motifs is 1. The molecule has 0 saturated carbocycles. The summed E-state index contributed by atoms with van der Waals surface area (Å²) in [4.78, 5) is 37.5. The highest BCUT2D eigenvalue weighted by Gasteiger charge is 2.37. The van der Waals surface area contributed by atoms with Crippen molar-refractivity contribution in [1.29, 1.82) is 0 Å². The molecular formula is C16H24O7P2. The molecule has 0 spiro atoms. The lowest BCUT2D eigenvalue weighted by molar-refractivity contribution is 0.368. The molecule has 0 fully saturated rings. The van der Waals surface area contributed by atoms with Gasteiger partial charge in [0.05, 0.1) is 0 Å². The fourth-order valence-corrected chi connectivity index (χ4v) is 5.11. The normalized spacial score (nSPS) is 15.6. The van der Waals surface area contributed by atoms with Gasteiger partial charge in [-0.05, 0) is 59.9 Å². The Labute approximate surface area is 146 Å². The van der Waals surface area contributed by atoms with Crippen molar-refractivity contribution in [2.24, 2.45) is 0 Å². The minimum atomic E-state index is -5.13. The number of hydrogen-bond donors (Lipinski definition) is 5. The molecular weight excluding hydrogens is 366 g/mol. The quantitative estimate of drug-likeness (QED) is 0.500. The van der Waals surface area contributed by atoms with Gasteiger partial charge in [-0.1, -0.05) is 20.8 Å². The van der Waals surface area contributed by atoms with Gasteiger partial charge in [-0.2, -0.15) is 0 Å². The minimum Gasteiger partial charge on any atom is -0.507 e. The van der Waals surface area contributed by atoms with E-state index in [1.165, 1.54) is 0 Å². The van der Waals surface area contributed by atoms with Crippen molar-refractivity contribution < 1.29 is 33.8 Å². The van der Waals surface area contributed by atoms with E-state index >= 15 is 0 Å². The van der Waals surface area contributed by atoms with Crippen LogP contribution in [0.3, 0.4) is 0 Å². The van der Waals surface area contributed by atoms with Crippen LogP contribution in [-0.4, -0.2) is 24.7 Å². The van der Waals surface area contributed by atoms with Crippen LogP contribution in [0, 0.1) is 0 Å². The van der Waals surface area contributed by atoms with Crippen LogP contribution in [0.15, 0.2) is 11.1 Å². The van der Waals surface area contributed by atoms with E-state index in [1.54, 1.807) is 6.07 Å². The second-order valence-electron chi connectivity index (χ2n) is 7.37. The molecule has 1 aliphatic carbocycles. The zero-order chi connectivity index (χ0) is 19.2. The third-order valence-corrected chi connectivity index (χ3v) is 7.36. The Morgan fingerprint density at radius 1 is 1.00 bits per heavy atom. The van der Waals surface area contributed by atoms with Crippen molar-refractivity contribution >= 4 is 21.3 Å². The molecule has 0 atom stereocenters. The fraction of sp³-hybridized carbons (Fsp3) is 0.500. The zero-order valence-corrected chi connectivity index (χ0v) is 16.2. The first-order chi connectivity index (χ1) is 11.2. The van der Waals surface area contributed by atoms with E-state index < -0.39 is 25.7 Å². The van der Waals surface area contributed by atoms with Crippen LogP contribution in [-0.2, 0) is 27.4 Å². The summed E-state index contributed by atoms with van der Waals surface area (Å²) in [6, 6.07) is 1.57. The molecule has 0 heterocycles. The zero-order valence-electron chi connectivity index (χ0n) is 14.4. The van der Waals surface area contributed by atoms with Crippen molar-refractivity contribution in [3.05, 3.63) is 33.4 Å². The summed E-state index contributed by atoms with van der Waals surface area (Å²) in [5, 5.41) is 9.42. The molecule has 1 aromatic carbocycles. The highest BCUT2D eigenvalue weighted by atomic mass is 31.2. The molecule has 7 nitrogen and oxygen atoms in total. The van der Waals surface area contributed by atoms with E-state index in [0.717, 1.165) is 18.9 Å². The third-order valence-electron chi connectivity index (χ3n) is 4.35. The number of benzene rings is 1. The minimum absolute atomic E-state index is 0.160. The molecule has 0 amide bonds. The van der Waals surface area contributed by atoms with Crippen LogP contribution in [0.25, 0.3) is 6.08 Å². The fourth-order valence-electron chi connectivity index (χ4n) is 3.14. The molecule has 25 heavy (non-hydrogen) atoms. The van der Waals surface area contributed by atoms with Crippen molar-refractivity contribution in [2.45, 2.75) is 51.9 Å². The number of hydrogen-bond acceptors (Lipinski definition) is 3. The molecule has 1 aliphatic rings. The third kappa shape index (κ3) is 4.43. The second-order valence-corrected chi connectivity index (χ2v) is 10.9. The Morgan fingerprint density at radius 3 is 1.92 bits per heavy atom. The first-order valence-electron chi connectivity index (χ1n) is 7.95. The molecule has 0 saturated heterocycles. The van der Waals surface area contributed by atoms with Gasteiger partial charge in [0.1, 0.15) is 5.75 Å². The van der Waals surface area contributed by atoms with Crippen molar-refractivity contribution in [2.75, 3.05) is 0 Å². The first kappa shape index (κ1) is 20.4. The van der Waals surface area contributed by atoms with Gasteiger partial charge in [-0.15, -0.1) is 0 Å². The summed E-state index contributed by atoms with van der Waals surface area (Å²) < 4.78 is 23.2. The van der Waals surface area contributed by atoms with Gasteiger partial charge in [0.2, 0.25) is 0 Å². The number of aromatic hydroxyl groups is 1. The summed E-state index contributed by atoms with van der Waals surface area (Å²) in [6.07, 6.45) is 3.81. The van der Waals surface area contributed by atoms with Crippen molar-refractivity contribution in [3.8, 4) is 5.75 Å². The van der Waals surface area contributed by atoms with E-state index in [-0.39, 0.29) is 5.75 Å². The predicted molar refractivity (Wildman–Crippen MR) is 95.5 cm³/mol. The lowest BCUT2D eigenvalue weighted by Gasteiger charge is -2.27. The van der Waals surface area contributed by atoms with Gasteiger partial charge in [0.15, 0.2) is 5.06 Å². The smallest absolute Gasteiger partial charge is 0.364 e. The van der Waals surface area contributed by atoms with Gasteiger partial charge in [-0.3, -0.25) is 9.13 Å². The van der Waals surface area contributed by atoms with Gasteiger partial charge in [-0.25, -0.2) is 0 Å². The summed E-state index contributed by atoms with van der Waals surface area (Å²) in [7, 11) is -10.3. The molecule has 140 valence electrons. The summed E-state index contributed by atoms with van der Waals surface area (Å²) >= 11 is 0. The highest BCUT2D eigenvalue weighted by Crippen LogP contribution is 2.64. The molecule has 0 unspecified atom stereocenters. The van der Waals surface area contributed by atoms with E-state index in [9.17, 15) is 33.8 Å². The summed E-state index contributed by atoms with van der Waals surface area (Å²) in [5.41, 5.74) is 1.87.